The van der Waals surface area contributed by atoms with Crippen molar-refractivity contribution in [3.63, 3.8) is 0 Å². The normalized spacial score (nSPS) is 15.3. The Labute approximate surface area is 85.3 Å². The molecule has 0 aromatic heterocycles. The predicted molar refractivity (Wildman–Crippen MR) is 50.0 cm³/mol. The first-order chi connectivity index (χ1) is 6.43. The minimum atomic E-state index is -1.17. The van der Waals surface area contributed by atoms with Crippen molar-refractivity contribution in [3.8, 4) is 0 Å². The lowest BCUT2D eigenvalue weighted by Gasteiger charge is -2.16. The number of halogens is 3. The van der Waals surface area contributed by atoms with E-state index in [9.17, 15) is 13.9 Å². The maximum absolute atomic E-state index is 12.9. The van der Waals surface area contributed by atoms with E-state index >= 15 is 0 Å². The van der Waals surface area contributed by atoms with E-state index in [1.807, 2.05) is 0 Å². The highest BCUT2D eigenvalue weighted by Crippen LogP contribution is 2.28. The molecule has 0 aliphatic heterocycles. The molecule has 0 aliphatic rings. The largest absolute Gasteiger partial charge is 0.387 e. The van der Waals surface area contributed by atoms with E-state index in [0.717, 1.165) is 6.07 Å². The molecule has 0 saturated carbocycles. The minimum Gasteiger partial charge on any atom is -0.387 e. The Balaban J connectivity index is 3.20. The highest BCUT2D eigenvalue weighted by Gasteiger charge is 2.19. The van der Waals surface area contributed by atoms with Crippen LogP contribution < -0.4 is 5.73 Å². The van der Waals surface area contributed by atoms with Crippen LogP contribution in [0.1, 0.15) is 18.6 Å². The van der Waals surface area contributed by atoms with Gasteiger partial charge in [-0.1, -0.05) is 11.6 Å². The molecule has 0 spiro atoms. The van der Waals surface area contributed by atoms with Gasteiger partial charge < -0.3 is 10.8 Å². The number of benzene rings is 1. The molecule has 0 fully saturated rings. The van der Waals surface area contributed by atoms with Crippen molar-refractivity contribution in [1.29, 1.82) is 0 Å². The number of rotatable bonds is 2. The van der Waals surface area contributed by atoms with Crippen molar-refractivity contribution in [2.75, 3.05) is 0 Å². The molecule has 1 rings (SSSR count). The van der Waals surface area contributed by atoms with Gasteiger partial charge in [0.05, 0.1) is 11.1 Å². The van der Waals surface area contributed by atoms with Crippen LogP contribution in [-0.2, 0) is 0 Å². The van der Waals surface area contributed by atoms with Gasteiger partial charge in [-0.3, -0.25) is 0 Å². The Morgan fingerprint density at radius 1 is 1.43 bits per heavy atom. The zero-order valence-corrected chi connectivity index (χ0v) is 8.22. The third kappa shape index (κ3) is 2.20. The van der Waals surface area contributed by atoms with Crippen LogP contribution in [0, 0.1) is 11.6 Å². The van der Waals surface area contributed by atoms with Gasteiger partial charge in [0.2, 0.25) is 0 Å². The number of hydrogen-bond acceptors (Lipinski definition) is 2. The second kappa shape index (κ2) is 4.21. The molecule has 78 valence electrons. The third-order valence-corrected chi connectivity index (χ3v) is 2.24. The molecule has 0 saturated heterocycles. The SMILES string of the molecule is C[C@H](N)[C@H](O)c1cc(F)cc(F)c1Cl. The van der Waals surface area contributed by atoms with Gasteiger partial charge in [-0.25, -0.2) is 8.78 Å². The van der Waals surface area contributed by atoms with Crippen molar-refractivity contribution in [2.24, 2.45) is 5.73 Å². The van der Waals surface area contributed by atoms with Crippen LogP contribution in [0.15, 0.2) is 12.1 Å². The fourth-order valence-electron chi connectivity index (χ4n) is 1.07. The second-order valence-corrected chi connectivity index (χ2v) is 3.47. The maximum atomic E-state index is 12.9. The highest BCUT2D eigenvalue weighted by molar-refractivity contribution is 6.31. The summed E-state index contributed by atoms with van der Waals surface area (Å²) in [5.74, 6) is -1.69. The molecule has 2 atom stereocenters. The Morgan fingerprint density at radius 3 is 2.50 bits per heavy atom. The van der Waals surface area contributed by atoms with E-state index in [-0.39, 0.29) is 10.6 Å². The van der Waals surface area contributed by atoms with Crippen LogP contribution in [0.25, 0.3) is 0 Å². The minimum absolute atomic E-state index is 0.0285. The van der Waals surface area contributed by atoms with Gasteiger partial charge in [0, 0.05) is 17.7 Å². The van der Waals surface area contributed by atoms with E-state index < -0.39 is 23.8 Å². The van der Waals surface area contributed by atoms with Gasteiger partial charge in [-0.15, -0.1) is 0 Å². The molecule has 0 unspecified atom stereocenters. The molecular formula is C9H10ClF2NO. The molecule has 0 aliphatic carbocycles. The molecule has 14 heavy (non-hydrogen) atoms. The van der Waals surface area contributed by atoms with Gasteiger partial charge in [0.1, 0.15) is 11.6 Å². The summed E-state index contributed by atoms with van der Waals surface area (Å²) in [5.41, 5.74) is 5.35. The molecule has 5 heteroatoms. The van der Waals surface area contributed by atoms with Gasteiger partial charge in [0.15, 0.2) is 0 Å². The Kier molecular flexibility index (Phi) is 3.42. The van der Waals surface area contributed by atoms with Crippen LogP contribution in [-0.4, -0.2) is 11.1 Å². The number of hydrogen-bond donors (Lipinski definition) is 2. The van der Waals surface area contributed by atoms with Gasteiger partial charge in [-0.05, 0) is 13.0 Å². The molecule has 1 aromatic carbocycles. The summed E-state index contributed by atoms with van der Waals surface area (Å²) >= 11 is 5.55. The van der Waals surface area contributed by atoms with Crippen molar-refractivity contribution < 1.29 is 13.9 Å². The maximum Gasteiger partial charge on any atom is 0.145 e. The number of aliphatic hydroxyl groups excluding tert-OH is 1. The summed E-state index contributed by atoms with van der Waals surface area (Å²) in [5, 5.41) is 9.19. The van der Waals surface area contributed by atoms with E-state index in [0.29, 0.717) is 6.07 Å². The zero-order valence-electron chi connectivity index (χ0n) is 7.47. The fourth-order valence-corrected chi connectivity index (χ4v) is 1.30. The molecule has 0 heterocycles. The quantitative estimate of drug-likeness (QED) is 0.751. The first-order valence-electron chi connectivity index (χ1n) is 4.01. The van der Waals surface area contributed by atoms with Crippen LogP contribution in [0.3, 0.4) is 0 Å². The second-order valence-electron chi connectivity index (χ2n) is 3.09. The van der Waals surface area contributed by atoms with Crippen molar-refractivity contribution >= 4 is 11.6 Å². The van der Waals surface area contributed by atoms with E-state index in [1.165, 1.54) is 6.92 Å². The Morgan fingerprint density at radius 2 is 2.00 bits per heavy atom. The summed E-state index contributed by atoms with van der Waals surface area (Å²) in [4.78, 5) is 0. The van der Waals surface area contributed by atoms with E-state index in [1.54, 1.807) is 0 Å². The molecule has 0 bridgehead atoms. The molecular weight excluding hydrogens is 212 g/mol. The topological polar surface area (TPSA) is 46.2 Å². The average molecular weight is 222 g/mol. The number of aliphatic hydroxyl groups is 1. The average Bonchev–Trinajstić information content (AvgIpc) is 2.09. The smallest absolute Gasteiger partial charge is 0.145 e. The van der Waals surface area contributed by atoms with Crippen molar-refractivity contribution in [2.45, 2.75) is 19.1 Å². The monoisotopic (exact) mass is 221 g/mol. The summed E-state index contributed by atoms with van der Waals surface area (Å²) in [6.45, 7) is 1.52. The summed E-state index contributed by atoms with van der Waals surface area (Å²) < 4.78 is 25.7. The van der Waals surface area contributed by atoms with Crippen molar-refractivity contribution in [1.82, 2.24) is 0 Å². The number of nitrogens with two attached hydrogens (primary N) is 1. The lowest BCUT2D eigenvalue weighted by molar-refractivity contribution is 0.152. The predicted octanol–water partition coefficient (Wildman–Crippen LogP) is 2.00. The summed E-state index contributed by atoms with van der Waals surface area (Å²) in [6, 6.07) is 0.979. The lowest BCUT2D eigenvalue weighted by atomic mass is 10.0. The summed E-state index contributed by atoms with van der Waals surface area (Å²) in [6.07, 6.45) is -1.17. The van der Waals surface area contributed by atoms with E-state index in [2.05, 4.69) is 0 Å². The molecule has 0 radical (unpaired) electrons. The zero-order chi connectivity index (χ0) is 10.9. The van der Waals surface area contributed by atoms with Crippen molar-refractivity contribution in [3.05, 3.63) is 34.4 Å². The fraction of sp³-hybridized carbons (Fsp3) is 0.333. The molecule has 1 aromatic rings. The molecule has 2 nitrogen and oxygen atoms in total. The molecule has 3 N–H and O–H groups in total. The first kappa shape index (κ1) is 11.4. The Hall–Kier alpha value is -0.710. The van der Waals surface area contributed by atoms with Crippen LogP contribution in [0.4, 0.5) is 8.78 Å². The third-order valence-electron chi connectivity index (χ3n) is 1.84. The first-order valence-corrected chi connectivity index (χ1v) is 4.39. The highest BCUT2D eigenvalue weighted by atomic mass is 35.5. The van der Waals surface area contributed by atoms with Crippen LogP contribution in [0.5, 0.6) is 0 Å². The van der Waals surface area contributed by atoms with Crippen LogP contribution >= 0.6 is 11.6 Å². The van der Waals surface area contributed by atoms with E-state index in [4.69, 9.17) is 17.3 Å². The summed E-state index contributed by atoms with van der Waals surface area (Å²) in [7, 11) is 0. The lowest BCUT2D eigenvalue weighted by Crippen LogP contribution is -2.24. The molecule has 0 amide bonds. The Bertz CT molecular complexity index is 344. The van der Waals surface area contributed by atoms with Gasteiger partial charge in [0.25, 0.3) is 0 Å². The van der Waals surface area contributed by atoms with Gasteiger partial charge >= 0.3 is 0 Å². The van der Waals surface area contributed by atoms with Gasteiger partial charge in [-0.2, -0.15) is 0 Å². The van der Waals surface area contributed by atoms with Crippen LogP contribution in [0.2, 0.25) is 5.02 Å². The standard InChI is InChI=1S/C9H10ClF2NO/c1-4(13)9(14)6-2-5(11)3-7(12)8(6)10/h2-4,9,14H,13H2,1H3/t4-,9-/m0/s1.